The van der Waals surface area contributed by atoms with Crippen molar-refractivity contribution in [1.82, 2.24) is 0 Å². The van der Waals surface area contributed by atoms with E-state index in [1.807, 2.05) is 24.3 Å². The Labute approximate surface area is 176 Å². The second-order valence-electron chi connectivity index (χ2n) is 8.13. The Morgan fingerprint density at radius 2 is 1.57 bits per heavy atom. The standard InChI is InChI=1S/C26H28F2O2/c1-2-18-16-29-25(30-17-18)14-7-20-6-13-24-22(15-20)10-9-21(26(24)28)8-3-19-4-11-23(27)12-5-19/h4-6,9-13,15,18,25H,2-3,7-8,14,16-17H2,1H3. The van der Waals surface area contributed by atoms with Crippen molar-refractivity contribution in [3.05, 3.63) is 82.9 Å². The van der Waals surface area contributed by atoms with E-state index in [0.29, 0.717) is 29.7 Å². The molecule has 3 aromatic carbocycles. The highest BCUT2D eigenvalue weighted by atomic mass is 19.1. The maximum Gasteiger partial charge on any atom is 0.157 e. The molecule has 0 aliphatic carbocycles. The van der Waals surface area contributed by atoms with Crippen LogP contribution in [0.15, 0.2) is 54.6 Å². The molecule has 0 bridgehead atoms. The van der Waals surface area contributed by atoms with Gasteiger partial charge in [0.15, 0.2) is 6.29 Å². The molecule has 0 unspecified atom stereocenters. The quantitative estimate of drug-likeness (QED) is 0.459. The van der Waals surface area contributed by atoms with E-state index >= 15 is 4.39 Å². The molecule has 158 valence electrons. The van der Waals surface area contributed by atoms with Crippen molar-refractivity contribution in [2.45, 2.75) is 45.3 Å². The summed E-state index contributed by atoms with van der Waals surface area (Å²) < 4.78 is 39.6. The predicted molar refractivity (Wildman–Crippen MR) is 116 cm³/mol. The third kappa shape index (κ3) is 5.05. The van der Waals surface area contributed by atoms with E-state index in [9.17, 15) is 4.39 Å². The van der Waals surface area contributed by atoms with Gasteiger partial charge in [-0.05, 0) is 59.9 Å². The number of halogens is 2. The summed E-state index contributed by atoms with van der Waals surface area (Å²) in [5.74, 6) is 0.0890. The second-order valence-corrected chi connectivity index (χ2v) is 8.13. The summed E-state index contributed by atoms with van der Waals surface area (Å²) in [7, 11) is 0. The van der Waals surface area contributed by atoms with E-state index in [1.165, 1.54) is 12.1 Å². The minimum absolute atomic E-state index is 0.144. The van der Waals surface area contributed by atoms with Gasteiger partial charge < -0.3 is 9.47 Å². The largest absolute Gasteiger partial charge is 0.352 e. The number of hydrogen-bond donors (Lipinski definition) is 0. The van der Waals surface area contributed by atoms with Crippen molar-refractivity contribution in [3.8, 4) is 0 Å². The van der Waals surface area contributed by atoms with Gasteiger partial charge in [-0.3, -0.25) is 0 Å². The fourth-order valence-electron chi connectivity index (χ4n) is 3.94. The zero-order valence-electron chi connectivity index (χ0n) is 17.4. The Bertz CT molecular complexity index is 976. The molecule has 0 N–H and O–H groups in total. The van der Waals surface area contributed by atoms with E-state index in [2.05, 4.69) is 13.0 Å². The number of ether oxygens (including phenoxy) is 2. The maximum atomic E-state index is 15.0. The molecule has 0 aromatic heterocycles. The van der Waals surface area contributed by atoms with Crippen LogP contribution >= 0.6 is 0 Å². The van der Waals surface area contributed by atoms with Crippen molar-refractivity contribution >= 4 is 10.8 Å². The summed E-state index contributed by atoms with van der Waals surface area (Å²) in [5.41, 5.74) is 2.85. The zero-order chi connectivity index (χ0) is 20.9. The average molecular weight is 411 g/mol. The topological polar surface area (TPSA) is 18.5 Å². The van der Waals surface area contributed by atoms with E-state index in [1.54, 1.807) is 12.1 Å². The monoisotopic (exact) mass is 410 g/mol. The summed E-state index contributed by atoms with van der Waals surface area (Å²) in [6.45, 7) is 3.69. The van der Waals surface area contributed by atoms with Gasteiger partial charge in [-0.15, -0.1) is 0 Å². The lowest BCUT2D eigenvalue weighted by atomic mass is 9.98. The molecule has 2 nitrogen and oxygen atoms in total. The van der Waals surface area contributed by atoms with Gasteiger partial charge in [-0.2, -0.15) is 0 Å². The van der Waals surface area contributed by atoms with E-state index in [0.717, 1.165) is 49.0 Å². The highest BCUT2D eigenvalue weighted by molar-refractivity contribution is 5.84. The highest BCUT2D eigenvalue weighted by Gasteiger charge is 2.20. The summed E-state index contributed by atoms with van der Waals surface area (Å²) in [6.07, 6.45) is 3.85. The molecule has 3 aromatic rings. The molecule has 30 heavy (non-hydrogen) atoms. The van der Waals surface area contributed by atoms with Crippen LogP contribution < -0.4 is 0 Å². The van der Waals surface area contributed by atoms with Crippen molar-refractivity contribution < 1.29 is 18.3 Å². The van der Waals surface area contributed by atoms with Crippen molar-refractivity contribution in [3.63, 3.8) is 0 Å². The molecular formula is C26H28F2O2. The predicted octanol–water partition coefficient (Wildman–Crippen LogP) is 6.23. The van der Waals surface area contributed by atoms with Crippen LogP contribution in [0.2, 0.25) is 0 Å². The molecule has 1 heterocycles. The minimum Gasteiger partial charge on any atom is -0.352 e. The molecule has 0 atom stereocenters. The molecule has 1 aliphatic rings. The van der Waals surface area contributed by atoms with Gasteiger partial charge in [0.2, 0.25) is 0 Å². The summed E-state index contributed by atoms with van der Waals surface area (Å²) in [4.78, 5) is 0. The molecule has 4 rings (SSSR count). The number of rotatable bonds is 7. The Hall–Kier alpha value is -2.30. The molecule has 1 aliphatic heterocycles. The van der Waals surface area contributed by atoms with Gasteiger partial charge in [0.1, 0.15) is 11.6 Å². The number of aryl methyl sites for hydroxylation is 3. The number of benzene rings is 3. The van der Waals surface area contributed by atoms with Gasteiger partial charge in [-0.1, -0.05) is 49.4 Å². The maximum absolute atomic E-state index is 15.0. The van der Waals surface area contributed by atoms with E-state index in [4.69, 9.17) is 9.47 Å². The molecule has 0 amide bonds. The fourth-order valence-corrected chi connectivity index (χ4v) is 3.94. The summed E-state index contributed by atoms with van der Waals surface area (Å²) in [5, 5.41) is 1.55. The first-order chi connectivity index (χ1) is 14.6. The molecule has 1 saturated heterocycles. The Morgan fingerprint density at radius 1 is 0.833 bits per heavy atom. The Balaban J connectivity index is 1.39. The van der Waals surface area contributed by atoms with E-state index in [-0.39, 0.29) is 17.9 Å². The average Bonchev–Trinajstić information content (AvgIpc) is 2.78. The normalized spacial score (nSPS) is 19.3. The fraction of sp³-hybridized carbons (Fsp3) is 0.385. The first kappa shape index (κ1) is 21.0. The van der Waals surface area contributed by atoms with Crippen LogP contribution in [0.5, 0.6) is 0 Å². The van der Waals surface area contributed by atoms with Gasteiger partial charge >= 0.3 is 0 Å². The number of hydrogen-bond acceptors (Lipinski definition) is 2. The van der Waals surface area contributed by atoms with Crippen LogP contribution in [-0.2, 0) is 28.7 Å². The van der Waals surface area contributed by atoms with Gasteiger partial charge in [0, 0.05) is 17.7 Å². The van der Waals surface area contributed by atoms with Crippen LogP contribution in [0.4, 0.5) is 8.78 Å². The third-order valence-corrected chi connectivity index (χ3v) is 5.98. The van der Waals surface area contributed by atoms with Crippen molar-refractivity contribution in [1.29, 1.82) is 0 Å². The molecule has 4 heteroatoms. The van der Waals surface area contributed by atoms with Gasteiger partial charge in [0.25, 0.3) is 0 Å². The number of fused-ring (bicyclic) bond motifs is 1. The lowest BCUT2D eigenvalue weighted by Crippen LogP contribution is -2.32. The summed E-state index contributed by atoms with van der Waals surface area (Å²) in [6, 6.07) is 16.2. The van der Waals surface area contributed by atoms with Gasteiger partial charge in [-0.25, -0.2) is 8.78 Å². The van der Waals surface area contributed by atoms with Crippen molar-refractivity contribution in [2.24, 2.45) is 5.92 Å². The van der Waals surface area contributed by atoms with Crippen LogP contribution in [-0.4, -0.2) is 19.5 Å². The molecule has 0 radical (unpaired) electrons. The molecule has 0 saturated carbocycles. The van der Waals surface area contributed by atoms with Crippen LogP contribution in [0.3, 0.4) is 0 Å². The lowest BCUT2D eigenvalue weighted by Gasteiger charge is -2.28. The smallest absolute Gasteiger partial charge is 0.157 e. The zero-order valence-corrected chi connectivity index (χ0v) is 17.4. The lowest BCUT2D eigenvalue weighted by molar-refractivity contribution is -0.202. The summed E-state index contributed by atoms with van der Waals surface area (Å²) >= 11 is 0. The Kier molecular flexibility index (Phi) is 6.76. The van der Waals surface area contributed by atoms with Gasteiger partial charge in [0.05, 0.1) is 13.2 Å². The molecule has 1 fully saturated rings. The van der Waals surface area contributed by atoms with Crippen LogP contribution in [0.25, 0.3) is 10.8 Å². The molecular weight excluding hydrogens is 382 g/mol. The third-order valence-electron chi connectivity index (χ3n) is 5.98. The first-order valence-corrected chi connectivity index (χ1v) is 10.8. The van der Waals surface area contributed by atoms with Crippen LogP contribution in [0, 0.1) is 17.6 Å². The molecule has 0 spiro atoms. The second kappa shape index (κ2) is 9.67. The van der Waals surface area contributed by atoms with E-state index < -0.39 is 0 Å². The van der Waals surface area contributed by atoms with Crippen molar-refractivity contribution in [2.75, 3.05) is 13.2 Å². The van der Waals surface area contributed by atoms with Crippen LogP contribution in [0.1, 0.15) is 36.5 Å². The minimum atomic E-state index is -0.252. The highest BCUT2D eigenvalue weighted by Crippen LogP contribution is 2.25. The Morgan fingerprint density at radius 3 is 2.30 bits per heavy atom. The first-order valence-electron chi connectivity index (χ1n) is 10.8. The SMILES string of the molecule is CCC1COC(CCc2ccc3c(F)c(CCc4ccc(F)cc4)ccc3c2)OC1.